The molecule has 0 saturated heterocycles. The Balaban J connectivity index is 1.44. The molecule has 0 spiro atoms. The molecule has 0 radical (unpaired) electrons. The average Bonchev–Trinajstić information content (AvgIpc) is 3.48. The van der Waals surface area contributed by atoms with Gasteiger partial charge in [-0.1, -0.05) is 18.2 Å². The van der Waals surface area contributed by atoms with E-state index in [4.69, 9.17) is 4.98 Å². The van der Waals surface area contributed by atoms with E-state index in [2.05, 4.69) is 20.5 Å². The smallest absolute Gasteiger partial charge is 0.256 e. The van der Waals surface area contributed by atoms with Crippen LogP contribution in [0.25, 0.3) is 22.3 Å². The van der Waals surface area contributed by atoms with Crippen LogP contribution in [0.1, 0.15) is 40.6 Å². The molecule has 1 saturated carbocycles. The molecule has 0 unspecified atom stereocenters. The van der Waals surface area contributed by atoms with Crippen molar-refractivity contribution in [1.82, 2.24) is 20.2 Å². The van der Waals surface area contributed by atoms with Gasteiger partial charge in [0.25, 0.3) is 5.91 Å². The van der Waals surface area contributed by atoms with E-state index in [1.807, 2.05) is 61.5 Å². The van der Waals surface area contributed by atoms with Crippen LogP contribution in [0.3, 0.4) is 0 Å². The quantitative estimate of drug-likeness (QED) is 0.556. The molecule has 28 heavy (non-hydrogen) atoms. The molecular weight excluding hydrogens is 350 g/mol. The van der Waals surface area contributed by atoms with Crippen molar-refractivity contribution in [3.8, 4) is 11.4 Å². The monoisotopic (exact) mass is 369 g/mol. The first-order valence-electron chi connectivity index (χ1n) is 9.38. The van der Waals surface area contributed by atoms with E-state index >= 15 is 0 Å². The van der Waals surface area contributed by atoms with Crippen LogP contribution in [0.15, 0.2) is 54.6 Å². The Morgan fingerprint density at radius 2 is 1.86 bits per heavy atom. The molecule has 1 aliphatic rings. The Bertz CT molecular complexity index is 1180. The van der Waals surface area contributed by atoms with Crippen LogP contribution in [-0.2, 0) is 0 Å². The summed E-state index contributed by atoms with van der Waals surface area (Å²) in [6.07, 6.45) is 2.29. The maximum absolute atomic E-state index is 13.0. The number of hydrogen-bond donors (Lipinski definition) is 2. The Labute approximate surface area is 162 Å². The highest BCUT2D eigenvalue weighted by atomic mass is 16.1. The van der Waals surface area contributed by atoms with Gasteiger partial charge in [0.2, 0.25) is 0 Å². The first-order valence-corrected chi connectivity index (χ1v) is 9.38. The first-order chi connectivity index (χ1) is 13.7. The SMILES string of the molecule is Cc1nc(-c2ccc(NC(=O)c3cc(C4CC4)nc4ccccc34)cc2)n[nH]1. The zero-order valence-corrected chi connectivity index (χ0v) is 15.4. The normalized spacial score (nSPS) is 13.6. The largest absolute Gasteiger partial charge is 0.322 e. The van der Waals surface area contributed by atoms with Crippen LogP contribution in [0.4, 0.5) is 5.69 Å². The molecule has 6 nitrogen and oxygen atoms in total. The number of anilines is 1. The highest BCUT2D eigenvalue weighted by molar-refractivity contribution is 6.12. The molecule has 2 aromatic heterocycles. The van der Waals surface area contributed by atoms with Crippen molar-refractivity contribution in [1.29, 1.82) is 0 Å². The highest BCUT2D eigenvalue weighted by Crippen LogP contribution is 2.40. The van der Waals surface area contributed by atoms with Gasteiger partial charge in [-0.2, -0.15) is 5.10 Å². The summed E-state index contributed by atoms with van der Waals surface area (Å²) in [5, 5.41) is 10.9. The number of hydrogen-bond acceptors (Lipinski definition) is 4. The van der Waals surface area contributed by atoms with Gasteiger partial charge in [-0.25, -0.2) is 4.98 Å². The molecule has 0 atom stereocenters. The third-order valence-electron chi connectivity index (χ3n) is 4.97. The second-order valence-electron chi connectivity index (χ2n) is 7.16. The minimum absolute atomic E-state index is 0.123. The number of H-pyrrole nitrogens is 1. The lowest BCUT2D eigenvalue weighted by Gasteiger charge is -2.10. The molecule has 1 fully saturated rings. The van der Waals surface area contributed by atoms with Crippen molar-refractivity contribution < 1.29 is 4.79 Å². The predicted molar refractivity (Wildman–Crippen MR) is 108 cm³/mol. The second kappa shape index (κ2) is 6.56. The second-order valence-corrected chi connectivity index (χ2v) is 7.16. The van der Waals surface area contributed by atoms with Gasteiger partial charge in [0, 0.05) is 28.2 Å². The van der Waals surface area contributed by atoms with E-state index in [0.29, 0.717) is 17.3 Å². The number of aryl methyl sites for hydroxylation is 1. The number of carbonyl (C=O) groups is 1. The van der Waals surface area contributed by atoms with Gasteiger partial charge >= 0.3 is 0 Å². The number of amides is 1. The zero-order chi connectivity index (χ0) is 19.1. The molecule has 2 aromatic carbocycles. The summed E-state index contributed by atoms with van der Waals surface area (Å²) in [4.78, 5) is 22.1. The Hall–Kier alpha value is -3.54. The number of nitrogens with zero attached hydrogens (tertiary/aromatic N) is 3. The lowest BCUT2D eigenvalue weighted by Crippen LogP contribution is -2.13. The minimum Gasteiger partial charge on any atom is -0.322 e. The van der Waals surface area contributed by atoms with Crippen LogP contribution in [-0.4, -0.2) is 26.1 Å². The lowest BCUT2D eigenvalue weighted by atomic mass is 10.1. The summed E-state index contributed by atoms with van der Waals surface area (Å²) < 4.78 is 0. The van der Waals surface area contributed by atoms with Crippen molar-refractivity contribution >= 4 is 22.5 Å². The van der Waals surface area contributed by atoms with E-state index in [1.54, 1.807) is 0 Å². The molecular formula is C22H19N5O. The fourth-order valence-electron chi connectivity index (χ4n) is 3.34. The molecule has 1 aliphatic carbocycles. The predicted octanol–water partition coefficient (Wildman–Crippen LogP) is 4.46. The van der Waals surface area contributed by atoms with Crippen molar-refractivity contribution in [2.45, 2.75) is 25.7 Å². The Morgan fingerprint density at radius 1 is 1.07 bits per heavy atom. The summed E-state index contributed by atoms with van der Waals surface area (Å²) >= 11 is 0. The van der Waals surface area contributed by atoms with E-state index in [1.165, 1.54) is 0 Å². The fraction of sp³-hybridized carbons (Fsp3) is 0.182. The third kappa shape index (κ3) is 3.13. The summed E-state index contributed by atoms with van der Waals surface area (Å²) in [5.74, 6) is 1.77. The Morgan fingerprint density at radius 3 is 2.57 bits per heavy atom. The molecule has 6 heteroatoms. The number of pyridine rings is 1. The molecule has 2 heterocycles. The van der Waals surface area contributed by atoms with Gasteiger partial charge < -0.3 is 5.32 Å². The number of aromatic nitrogens is 4. The molecule has 2 N–H and O–H groups in total. The van der Waals surface area contributed by atoms with Crippen LogP contribution in [0.5, 0.6) is 0 Å². The maximum Gasteiger partial charge on any atom is 0.256 e. The van der Waals surface area contributed by atoms with E-state index < -0.39 is 0 Å². The van der Waals surface area contributed by atoms with Gasteiger partial charge in [-0.15, -0.1) is 0 Å². The molecule has 5 rings (SSSR count). The molecule has 0 aliphatic heterocycles. The van der Waals surface area contributed by atoms with E-state index in [9.17, 15) is 4.79 Å². The van der Waals surface area contributed by atoms with Gasteiger partial charge in [0.15, 0.2) is 5.82 Å². The number of fused-ring (bicyclic) bond motifs is 1. The molecule has 4 aromatic rings. The molecule has 138 valence electrons. The van der Waals surface area contributed by atoms with Crippen LogP contribution in [0, 0.1) is 6.92 Å². The third-order valence-corrected chi connectivity index (χ3v) is 4.97. The van der Waals surface area contributed by atoms with Crippen LogP contribution in [0.2, 0.25) is 0 Å². The number of benzene rings is 2. The Kier molecular flexibility index (Phi) is 3.90. The number of aromatic amines is 1. The number of para-hydroxylation sites is 1. The van der Waals surface area contributed by atoms with Gasteiger partial charge in [0.05, 0.1) is 11.1 Å². The fourth-order valence-corrected chi connectivity index (χ4v) is 3.34. The molecule has 0 bridgehead atoms. The topological polar surface area (TPSA) is 83.6 Å². The summed E-state index contributed by atoms with van der Waals surface area (Å²) in [7, 11) is 0. The molecule has 1 amide bonds. The summed E-state index contributed by atoms with van der Waals surface area (Å²) in [6, 6.07) is 17.3. The van der Waals surface area contributed by atoms with Crippen LogP contribution < -0.4 is 5.32 Å². The van der Waals surface area contributed by atoms with Gasteiger partial charge in [-0.3, -0.25) is 14.9 Å². The maximum atomic E-state index is 13.0. The summed E-state index contributed by atoms with van der Waals surface area (Å²) in [6.45, 7) is 1.86. The highest BCUT2D eigenvalue weighted by Gasteiger charge is 2.27. The van der Waals surface area contributed by atoms with Crippen LogP contribution >= 0.6 is 0 Å². The summed E-state index contributed by atoms with van der Waals surface area (Å²) in [5.41, 5.74) is 4.18. The van der Waals surface area contributed by atoms with Crippen molar-refractivity contribution in [2.24, 2.45) is 0 Å². The van der Waals surface area contributed by atoms with Gasteiger partial charge in [-0.05, 0) is 56.2 Å². The van der Waals surface area contributed by atoms with E-state index in [0.717, 1.165) is 46.5 Å². The van der Waals surface area contributed by atoms with E-state index in [-0.39, 0.29) is 5.91 Å². The minimum atomic E-state index is -0.123. The number of rotatable bonds is 4. The van der Waals surface area contributed by atoms with Crippen molar-refractivity contribution in [3.05, 3.63) is 71.7 Å². The van der Waals surface area contributed by atoms with Gasteiger partial charge in [0.1, 0.15) is 5.82 Å². The first kappa shape index (κ1) is 16.6. The lowest BCUT2D eigenvalue weighted by molar-refractivity contribution is 0.102. The van der Waals surface area contributed by atoms with Crippen molar-refractivity contribution in [2.75, 3.05) is 5.32 Å². The average molecular weight is 369 g/mol. The number of carbonyl (C=O) groups excluding carboxylic acids is 1. The van der Waals surface area contributed by atoms with Crippen molar-refractivity contribution in [3.63, 3.8) is 0 Å². The zero-order valence-electron chi connectivity index (χ0n) is 15.4. The number of nitrogens with one attached hydrogen (secondary N) is 2. The standard InChI is InChI=1S/C22H19N5O/c1-13-23-21(27-26-13)15-8-10-16(11-9-15)24-22(28)18-12-20(14-6-7-14)25-19-5-3-2-4-17(18)19/h2-5,8-12,14H,6-7H2,1H3,(H,24,28)(H,23,26,27).